The maximum Gasteiger partial charge on any atom is 0.408 e. The Balaban J connectivity index is 1.63. The fraction of sp³-hybridized carbons (Fsp3) is 0.500. The molecule has 0 saturated carbocycles. The topological polar surface area (TPSA) is 274 Å². The Labute approximate surface area is 278 Å². The van der Waals surface area contributed by atoms with Crippen LogP contribution in [0.4, 0.5) is 4.79 Å². The first-order valence-corrected chi connectivity index (χ1v) is 15.1. The van der Waals surface area contributed by atoms with Gasteiger partial charge >= 0.3 is 29.7 Å². The second-order valence-electron chi connectivity index (χ2n) is 11.0. The molecule has 2 heterocycles. The first-order valence-electron chi connectivity index (χ1n) is 15.1. The van der Waals surface area contributed by atoms with Crippen LogP contribution in [0.2, 0.25) is 0 Å². The van der Waals surface area contributed by atoms with Gasteiger partial charge in [0, 0.05) is 32.7 Å². The third kappa shape index (κ3) is 11.0. The van der Waals surface area contributed by atoms with Crippen molar-refractivity contribution < 1.29 is 58.2 Å². The molecule has 1 aromatic carbocycles. The Hall–Kier alpha value is -5.11. The van der Waals surface area contributed by atoms with Gasteiger partial charge in [-0.05, 0) is 25.5 Å². The molecular formula is C30H39N5O14. The summed E-state index contributed by atoms with van der Waals surface area (Å²) in [7, 11) is 0. The van der Waals surface area contributed by atoms with Crippen molar-refractivity contribution in [1.82, 2.24) is 25.5 Å². The molecule has 2 aromatic rings. The van der Waals surface area contributed by atoms with E-state index in [4.69, 9.17) is 18.9 Å². The smallest absolute Gasteiger partial charge is 0.408 e. The van der Waals surface area contributed by atoms with Crippen molar-refractivity contribution in [3.8, 4) is 0 Å². The molecule has 0 spiro atoms. The molecule has 19 nitrogen and oxygen atoms in total. The summed E-state index contributed by atoms with van der Waals surface area (Å²) < 4.78 is 22.2. The highest BCUT2D eigenvalue weighted by molar-refractivity contribution is 5.86. The van der Waals surface area contributed by atoms with Gasteiger partial charge in [0.2, 0.25) is 5.91 Å². The minimum Gasteiger partial charge on any atom is -0.480 e. The summed E-state index contributed by atoms with van der Waals surface area (Å²) >= 11 is 0. The number of carbonyl (C=O) groups is 5. The summed E-state index contributed by atoms with van der Waals surface area (Å²) in [4.78, 5) is 87.1. The maximum absolute atomic E-state index is 12.7. The molecule has 268 valence electrons. The number of carbonyl (C=O) groups excluding carboxylic acids is 4. The van der Waals surface area contributed by atoms with E-state index >= 15 is 0 Å². The van der Waals surface area contributed by atoms with Crippen molar-refractivity contribution in [1.29, 1.82) is 0 Å². The summed E-state index contributed by atoms with van der Waals surface area (Å²) in [5, 5.41) is 38.5. The number of nitrogens with one attached hydrogen (secondary N) is 4. The Kier molecular flexibility index (Phi) is 14.0. The first-order chi connectivity index (χ1) is 23.2. The largest absolute Gasteiger partial charge is 0.480 e. The SMILES string of the molecule is CC(=O)O[C@@H]1[C@H](OC(C)=O)[C@@H](C(O)C(NCCCNC(=O)[C@@H](NC(=O)OCc2ccccc2)[C@H](C)O)C(=O)O)O[C@H]1n1ccc(=O)[nH]c1=O. The summed E-state index contributed by atoms with van der Waals surface area (Å²) in [6, 6.07) is 6.62. The van der Waals surface area contributed by atoms with Crippen LogP contribution in [0.3, 0.4) is 0 Å². The van der Waals surface area contributed by atoms with Gasteiger partial charge in [-0.3, -0.25) is 33.5 Å². The van der Waals surface area contributed by atoms with E-state index in [-0.39, 0.29) is 26.1 Å². The molecule has 0 radical (unpaired) electrons. The molecule has 49 heavy (non-hydrogen) atoms. The van der Waals surface area contributed by atoms with Crippen LogP contribution in [0.1, 0.15) is 39.0 Å². The molecule has 7 N–H and O–H groups in total. The van der Waals surface area contributed by atoms with Crippen molar-refractivity contribution in [3.05, 3.63) is 69.0 Å². The predicted molar refractivity (Wildman–Crippen MR) is 165 cm³/mol. The first kappa shape index (κ1) is 38.3. The van der Waals surface area contributed by atoms with E-state index in [1.54, 1.807) is 30.3 Å². The van der Waals surface area contributed by atoms with Crippen molar-refractivity contribution >= 4 is 29.9 Å². The van der Waals surface area contributed by atoms with Crippen LogP contribution in [0, 0.1) is 0 Å². The van der Waals surface area contributed by atoms with Crippen LogP contribution in [-0.2, 0) is 44.7 Å². The lowest BCUT2D eigenvalue weighted by Gasteiger charge is -2.29. The third-order valence-corrected chi connectivity index (χ3v) is 7.17. The second-order valence-corrected chi connectivity index (χ2v) is 11.0. The highest BCUT2D eigenvalue weighted by Gasteiger charge is 2.55. The van der Waals surface area contributed by atoms with Gasteiger partial charge in [-0.2, -0.15) is 0 Å². The van der Waals surface area contributed by atoms with E-state index in [0.717, 1.165) is 30.7 Å². The molecule has 0 aliphatic carbocycles. The standard InChI is InChI=1S/C30H39N5O14/c1-15(36)20(34-30(45)46-14-18-8-5-4-6-9-18)26(41)32-12-7-11-31-21(28(42)43)22(40)23-24(47-16(2)37)25(48-17(3)38)27(49-23)35-13-10-19(39)33-29(35)44/h4-6,8-10,13,15,20-25,27,31,36,40H,7,11-12,14H2,1-3H3,(H,32,41)(H,34,45)(H,42,43)(H,33,39,44)/t15-,20-,21?,22?,23+,24+,25+,27+/m0/s1. The average molecular weight is 694 g/mol. The van der Waals surface area contributed by atoms with Gasteiger partial charge < -0.3 is 50.2 Å². The normalized spacial score (nSPS) is 21.0. The third-order valence-electron chi connectivity index (χ3n) is 7.17. The van der Waals surface area contributed by atoms with E-state index in [0.29, 0.717) is 5.56 Å². The number of H-pyrrole nitrogens is 1. The van der Waals surface area contributed by atoms with E-state index < -0.39 is 90.0 Å². The van der Waals surface area contributed by atoms with Crippen LogP contribution in [0.15, 0.2) is 52.2 Å². The number of nitrogens with zero attached hydrogens (tertiary/aromatic N) is 1. The van der Waals surface area contributed by atoms with E-state index in [2.05, 4.69) is 16.0 Å². The van der Waals surface area contributed by atoms with E-state index in [1.165, 1.54) is 6.92 Å². The quantitative estimate of drug-likeness (QED) is 0.0563. The molecular weight excluding hydrogens is 654 g/mol. The molecule has 8 atom stereocenters. The van der Waals surface area contributed by atoms with Gasteiger partial charge in [-0.15, -0.1) is 0 Å². The Morgan fingerprint density at radius 2 is 1.61 bits per heavy atom. The molecule has 1 aliphatic rings. The zero-order valence-electron chi connectivity index (χ0n) is 26.8. The maximum atomic E-state index is 12.7. The number of aliphatic carboxylic acids is 1. The molecule has 2 unspecified atom stereocenters. The highest BCUT2D eigenvalue weighted by Crippen LogP contribution is 2.35. The molecule has 1 aromatic heterocycles. The lowest BCUT2D eigenvalue weighted by Crippen LogP contribution is -2.55. The van der Waals surface area contributed by atoms with Crippen LogP contribution >= 0.6 is 0 Å². The number of aromatic nitrogens is 2. The Morgan fingerprint density at radius 3 is 2.20 bits per heavy atom. The van der Waals surface area contributed by atoms with E-state index in [9.17, 15) is 48.9 Å². The van der Waals surface area contributed by atoms with Crippen LogP contribution in [-0.4, -0.2) is 110 Å². The van der Waals surface area contributed by atoms with Gasteiger partial charge in [0.15, 0.2) is 18.4 Å². The molecule has 2 amide bonds. The molecule has 3 rings (SSSR count). The van der Waals surface area contributed by atoms with Gasteiger partial charge in [-0.1, -0.05) is 30.3 Å². The van der Waals surface area contributed by atoms with Crippen LogP contribution in [0.25, 0.3) is 0 Å². The van der Waals surface area contributed by atoms with Crippen molar-refractivity contribution in [2.24, 2.45) is 0 Å². The van der Waals surface area contributed by atoms with Gasteiger partial charge in [0.1, 0.15) is 30.9 Å². The number of carboxylic acids is 1. The second kappa shape index (κ2) is 17.9. The summed E-state index contributed by atoms with van der Waals surface area (Å²) in [5.74, 6) is -4.08. The molecule has 1 saturated heterocycles. The molecule has 0 bridgehead atoms. The lowest BCUT2D eigenvalue weighted by molar-refractivity contribution is -0.167. The van der Waals surface area contributed by atoms with Crippen LogP contribution in [0.5, 0.6) is 0 Å². The lowest BCUT2D eigenvalue weighted by atomic mass is 9.99. The minimum atomic E-state index is -1.97. The van der Waals surface area contributed by atoms with Crippen molar-refractivity contribution in [2.75, 3.05) is 13.1 Å². The number of aliphatic hydroxyl groups excluding tert-OH is 2. The molecule has 19 heteroatoms. The highest BCUT2D eigenvalue weighted by atomic mass is 16.6. The number of esters is 2. The molecule has 1 aliphatic heterocycles. The number of aliphatic hydroxyl groups is 2. The number of amides is 2. The summed E-state index contributed by atoms with van der Waals surface area (Å²) in [5.41, 5.74) is -1.03. The number of rotatable bonds is 16. The van der Waals surface area contributed by atoms with E-state index in [1.807, 2.05) is 4.98 Å². The van der Waals surface area contributed by atoms with Gasteiger partial charge in [0.05, 0.1) is 6.10 Å². The zero-order chi connectivity index (χ0) is 36.2. The number of ether oxygens (including phenoxy) is 4. The van der Waals surface area contributed by atoms with Gasteiger partial charge in [-0.25, -0.2) is 9.59 Å². The number of aromatic amines is 1. The monoisotopic (exact) mass is 693 g/mol. The fourth-order valence-corrected chi connectivity index (χ4v) is 4.94. The minimum absolute atomic E-state index is 0.0556. The zero-order valence-corrected chi connectivity index (χ0v) is 26.8. The summed E-state index contributed by atoms with van der Waals surface area (Å²) in [6.07, 6.45) is -9.42. The fourth-order valence-electron chi connectivity index (χ4n) is 4.94. The Morgan fingerprint density at radius 1 is 0.959 bits per heavy atom. The van der Waals surface area contributed by atoms with Gasteiger partial charge in [0.25, 0.3) is 5.56 Å². The Bertz CT molecular complexity index is 1580. The number of hydrogen-bond donors (Lipinski definition) is 7. The number of carboxylic acid groups (broad SMARTS) is 1. The average Bonchev–Trinajstić information content (AvgIpc) is 3.36. The van der Waals surface area contributed by atoms with Crippen molar-refractivity contribution in [2.45, 2.75) is 82.6 Å². The predicted octanol–water partition coefficient (Wildman–Crippen LogP) is -2.12. The number of benzene rings is 1. The number of hydrogen-bond acceptors (Lipinski definition) is 14. The van der Waals surface area contributed by atoms with Crippen LogP contribution < -0.4 is 27.2 Å². The number of alkyl carbamates (subject to hydrolysis) is 1. The van der Waals surface area contributed by atoms with Crippen molar-refractivity contribution in [3.63, 3.8) is 0 Å². The summed E-state index contributed by atoms with van der Waals surface area (Å²) in [6.45, 7) is 3.11. The molecule has 1 fully saturated rings.